The lowest BCUT2D eigenvalue weighted by atomic mass is 10.00. The van der Waals surface area contributed by atoms with E-state index in [1.807, 2.05) is 13.0 Å². The Labute approximate surface area is 164 Å². The fourth-order valence-corrected chi connectivity index (χ4v) is 6.65. The minimum atomic E-state index is -3.66. The average molecular weight is 410 g/mol. The quantitative estimate of drug-likeness (QED) is 0.739. The van der Waals surface area contributed by atoms with Crippen LogP contribution in [-0.4, -0.2) is 32.4 Å². The Hall–Kier alpha value is -1.47. The number of nitrogens with two attached hydrogens (primary N) is 1. The summed E-state index contributed by atoms with van der Waals surface area (Å²) < 4.78 is 32.1. The van der Waals surface area contributed by atoms with E-state index in [-0.39, 0.29) is 16.5 Å². The van der Waals surface area contributed by atoms with E-state index in [0.29, 0.717) is 5.02 Å². The number of ether oxygens (including phenoxy) is 1. The van der Waals surface area contributed by atoms with E-state index in [4.69, 9.17) is 34.3 Å². The van der Waals surface area contributed by atoms with Crippen LogP contribution in [0.4, 0.5) is 0 Å². The van der Waals surface area contributed by atoms with Crippen molar-refractivity contribution in [2.24, 2.45) is 11.1 Å². The molecule has 1 fully saturated rings. The van der Waals surface area contributed by atoms with Crippen LogP contribution in [0.15, 0.2) is 53.4 Å². The molecule has 0 saturated heterocycles. The Bertz CT molecular complexity index is 944. The third kappa shape index (κ3) is 3.05. The normalized spacial score (nSPS) is 25.0. The standard InChI is InChI=1S/C19H20ClNO3S2/c1-12-6-8-15(9-7-12)26(22,23)17-16(13-4-3-5-14(20)10-13)19(17,11-24-2)18(21)25/h3-10,16-17H,11H2,1-2H3,(H2,21,25)/t16-,17+,19+/m1/s1. The molecule has 0 heterocycles. The second-order valence-corrected chi connectivity index (χ2v) is 9.59. The lowest BCUT2D eigenvalue weighted by Crippen LogP contribution is -2.33. The fraction of sp³-hybridized carbons (Fsp3) is 0.316. The molecular formula is C19H20ClNO3S2. The van der Waals surface area contributed by atoms with Crippen molar-refractivity contribution in [2.45, 2.75) is 23.0 Å². The molecule has 7 heteroatoms. The van der Waals surface area contributed by atoms with E-state index < -0.39 is 26.4 Å². The molecule has 3 atom stereocenters. The van der Waals surface area contributed by atoms with Crippen LogP contribution in [0.1, 0.15) is 17.0 Å². The molecular weight excluding hydrogens is 390 g/mol. The van der Waals surface area contributed by atoms with Gasteiger partial charge in [0.25, 0.3) is 0 Å². The van der Waals surface area contributed by atoms with Gasteiger partial charge in [-0.2, -0.15) is 0 Å². The molecule has 4 nitrogen and oxygen atoms in total. The van der Waals surface area contributed by atoms with Crippen molar-refractivity contribution in [3.8, 4) is 0 Å². The number of methoxy groups -OCH3 is 1. The number of rotatable bonds is 6. The third-order valence-electron chi connectivity index (χ3n) is 4.99. The molecule has 0 aliphatic heterocycles. The van der Waals surface area contributed by atoms with E-state index in [1.54, 1.807) is 42.5 Å². The molecule has 0 radical (unpaired) electrons. The molecule has 1 aliphatic carbocycles. The van der Waals surface area contributed by atoms with Crippen molar-refractivity contribution in [3.05, 3.63) is 64.7 Å². The number of halogens is 1. The van der Waals surface area contributed by atoms with Gasteiger partial charge >= 0.3 is 0 Å². The van der Waals surface area contributed by atoms with E-state index in [1.165, 1.54) is 7.11 Å². The summed E-state index contributed by atoms with van der Waals surface area (Å²) in [6, 6.07) is 14.0. The molecule has 1 saturated carbocycles. The van der Waals surface area contributed by atoms with Gasteiger partial charge in [0.15, 0.2) is 9.84 Å². The fourth-order valence-electron chi connectivity index (χ4n) is 3.68. The molecule has 2 N–H and O–H groups in total. The van der Waals surface area contributed by atoms with Crippen LogP contribution in [0.25, 0.3) is 0 Å². The Morgan fingerprint density at radius 2 is 1.92 bits per heavy atom. The van der Waals surface area contributed by atoms with Crippen LogP contribution >= 0.6 is 23.8 Å². The van der Waals surface area contributed by atoms with Crippen LogP contribution < -0.4 is 5.73 Å². The molecule has 2 aromatic carbocycles. The van der Waals surface area contributed by atoms with Crippen molar-refractivity contribution in [1.82, 2.24) is 0 Å². The summed E-state index contributed by atoms with van der Waals surface area (Å²) >= 11 is 11.4. The van der Waals surface area contributed by atoms with Crippen LogP contribution in [0.5, 0.6) is 0 Å². The molecule has 0 spiro atoms. The molecule has 1 aliphatic rings. The highest BCUT2D eigenvalue weighted by Gasteiger charge is 2.73. The van der Waals surface area contributed by atoms with E-state index in [2.05, 4.69) is 0 Å². The summed E-state index contributed by atoms with van der Waals surface area (Å²) in [6.07, 6.45) is 0. The summed E-state index contributed by atoms with van der Waals surface area (Å²) in [6.45, 7) is 2.04. The first-order valence-electron chi connectivity index (χ1n) is 8.10. The van der Waals surface area contributed by atoms with Crippen LogP contribution in [0.3, 0.4) is 0 Å². The largest absolute Gasteiger partial charge is 0.393 e. The first-order chi connectivity index (χ1) is 12.2. The highest BCUT2D eigenvalue weighted by atomic mass is 35.5. The Morgan fingerprint density at radius 1 is 1.27 bits per heavy atom. The van der Waals surface area contributed by atoms with E-state index in [9.17, 15) is 8.42 Å². The minimum absolute atomic E-state index is 0.134. The second-order valence-electron chi connectivity index (χ2n) is 6.65. The number of aryl methyl sites for hydroxylation is 1. The van der Waals surface area contributed by atoms with Gasteiger partial charge in [0.2, 0.25) is 0 Å². The Balaban J connectivity index is 2.13. The number of sulfone groups is 1. The predicted octanol–water partition coefficient (Wildman–Crippen LogP) is 3.51. The zero-order chi connectivity index (χ0) is 19.1. The van der Waals surface area contributed by atoms with Crippen molar-refractivity contribution < 1.29 is 13.2 Å². The summed E-state index contributed by atoms with van der Waals surface area (Å²) in [5.74, 6) is -0.398. The molecule has 0 unspecified atom stereocenters. The van der Waals surface area contributed by atoms with Gasteiger partial charge in [-0.25, -0.2) is 8.42 Å². The zero-order valence-electron chi connectivity index (χ0n) is 14.5. The first kappa shape index (κ1) is 19.3. The highest BCUT2D eigenvalue weighted by Crippen LogP contribution is 2.64. The van der Waals surface area contributed by atoms with Gasteiger partial charge in [-0.1, -0.05) is 53.6 Å². The van der Waals surface area contributed by atoms with Crippen LogP contribution in [0, 0.1) is 12.3 Å². The topological polar surface area (TPSA) is 69.4 Å². The monoisotopic (exact) mass is 409 g/mol. The van der Waals surface area contributed by atoms with Crippen molar-refractivity contribution >= 4 is 38.6 Å². The summed E-state index contributed by atoms with van der Waals surface area (Å²) in [7, 11) is -2.14. The molecule has 26 heavy (non-hydrogen) atoms. The predicted molar refractivity (Wildman–Crippen MR) is 107 cm³/mol. The van der Waals surface area contributed by atoms with Gasteiger partial charge in [-0.3, -0.25) is 0 Å². The molecule has 138 valence electrons. The SMILES string of the molecule is COC[C@]1(C(N)=S)[C@H](c2cccc(Cl)c2)[C@@H]1S(=O)(=O)c1ccc(C)cc1. The molecule has 0 bridgehead atoms. The van der Waals surface area contributed by atoms with Gasteiger partial charge in [-0.05, 0) is 36.8 Å². The average Bonchev–Trinajstić information content (AvgIpc) is 3.27. The van der Waals surface area contributed by atoms with Gasteiger partial charge in [0.1, 0.15) is 0 Å². The Morgan fingerprint density at radius 3 is 2.46 bits per heavy atom. The first-order valence-corrected chi connectivity index (χ1v) is 10.4. The summed E-state index contributed by atoms with van der Waals surface area (Å²) in [5, 5.41) is -0.247. The van der Waals surface area contributed by atoms with Gasteiger partial charge in [0.05, 0.1) is 27.2 Å². The second kappa shape index (κ2) is 6.93. The molecule has 2 aromatic rings. The van der Waals surface area contributed by atoms with Crippen molar-refractivity contribution in [1.29, 1.82) is 0 Å². The maximum atomic E-state index is 13.4. The van der Waals surface area contributed by atoms with E-state index >= 15 is 0 Å². The van der Waals surface area contributed by atoms with Crippen molar-refractivity contribution in [2.75, 3.05) is 13.7 Å². The van der Waals surface area contributed by atoms with Crippen LogP contribution in [0.2, 0.25) is 5.02 Å². The van der Waals surface area contributed by atoms with Gasteiger partial charge in [0, 0.05) is 18.1 Å². The minimum Gasteiger partial charge on any atom is -0.393 e. The zero-order valence-corrected chi connectivity index (χ0v) is 16.9. The molecule has 3 rings (SSSR count). The van der Waals surface area contributed by atoms with Gasteiger partial charge < -0.3 is 10.5 Å². The Kier molecular flexibility index (Phi) is 5.14. The van der Waals surface area contributed by atoms with Gasteiger partial charge in [-0.15, -0.1) is 0 Å². The number of thiocarbonyl (C=S) groups is 1. The maximum Gasteiger partial charge on any atom is 0.182 e. The number of hydrogen-bond acceptors (Lipinski definition) is 4. The summed E-state index contributed by atoms with van der Waals surface area (Å²) in [4.78, 5) is 0.402. The number of hydrogen-bond donors (Lipinski definition) is 1. The lowest BCUT2D eigenvalue weighted by molar-refractivity contribution is 0.166. The maximum absolute atomic E-state index is 13.4. The molecule has 0 aromatic heterocycles. The molecule has 0 amide bonds. The lowest BCUT2D eigenvalue weighted by Gasteiger charge is -2.16. The van der Waals surface area contributed by atoms with Crippen LogP contribution in [-0.2, 0) is 14.6 Å². The highest BCUT2D eigenvalue weighted by molar-refractivity contribution is 7.92. The smallest absolute Gasteiger partial charge is 0.182 e. The van der Waals surface area contributed by atoms with Crippen molar-refractivity contribution in [3.63, 3.8) is 0 Å². The van der Waals surface area contributed by atoms with E-state index in [0.717, 1.165) is 11.1 Å². The number of benzene rings is 2. The summed E-state index contributed by atoms with van der Waals surface area (Å²) in [5.41, 5.74) is 6.87. The third-order valence-corrected chi connectivity index (χ3v) is 7.90.